The molecule has 2 aliphatic heterocycles. The number of hydrogen-bond donors (Lipinski definition) is 1. The first-order valence-electron chi connectivity index (χ1n) is 9.87. The highest BCUT2D eigenvalue weighted by Gasteiger charge is 2.32. The smallest absolute Gasteiger partial charge is 0.231 e. The van der Waals surface area contributed by atoms with E-state index >= 15 is 0 Å². The van der Waals surface area contributed by atoms with Gasteiger partial charge in [-0.1, -0.05) is 0 Å². The van der Waals surface area contributed by atoms with Gasteiger partial charge in [0.1, 0.15) is 17.2 Å². The molecule has 0 radical (unpaired) electrons. The molecule has 0 aromatic heterocycles. The van der Waals surface area contributed by atoms with Crippen molar-refractivity contribution in [2.24, 2.45) is 0 Å². The van der Waals surface area contributed by atoms with Crippen molar-refractivity contribution in [2.75, 3.05) is 34.4 Å². The molecular weight excluding hydrogens is 386 g/mol. The van der Waals surface area contributed by atoms with Gasteiger partial charge in [0, 0.05) is 18.2 Å². The van der Waals surface area contributed by atoms with Crippen LogP contribution in [-0.2, 0) is 6.54 Å². The van der Waals surface area contributed by atoms with Crippen LogP contribution in [0.4, 0.5) is 0 Å². The zero-order chi connectivity index (χ0) is 21.3. The summed E-state index contributed by atoms with van der Waals surface area (Å²) in [7, 11) is 4.63. The molecular formula is C23H25NO6. The van der Waals surface area contributed by atoms with Crippen LogP contribution in [0.5, 0.6) is 28.7 Å². The van der Waals surface area contributed by atoms with Crippen LogP contribution in [0, 0.1) is 0 Å². The number of Topliss-reactive ketones (excluding diaryl/α,β-unsaturated/α-hetero) is 1. The Hall–Kier alpha value is -3.19. The van der Waals surface area contributed by atoms with Gasteiger partial charge in [0.15, 0.2) is 17.3 Å². The van der Waals surface area contributed by atoms with Gasteiger partial charge >= 0.3 is 0 Å². The molecule has 1 saturated heterocycles. The molecule has 30 heavy (non-hydrogen) atoms. The third-order valence-electron chi connectivity index (χ3n) is 5.52. The lowest BCUT2D eigenvalue weighted by atomic mass is 10.0. The molecule has 7 heteroatoms. The highest BCUT2D eigenvalue weighted by atomic mass is 16.5. The van der Waals surface area contributed by atoms with Gasteiger partial charge in [0.25, 0.3) is 0 Å². The minimum absolute atomic E-state index is 0.137. The molecule has 0 atom stereocenters. The van der Waals surface area contributed by atoms with E-state index in [0.717, 1.165) is 25.9 Å². The van der Waals surface area contributed by atoms with Crippen LogP contribution in [-0.4, -0.2) is 50.2 Å². The van der Waals surface area contributed by atoms with E-state index in [-0.39, 0.29) is 17.3 Å². The molecule has 158 valence electrons. The Bertz CT molecular complexity index is 1010. The number of carbonyl (C=O) groups excluding carboxylic acids is 1. The standard InChI is InChI=1S/C23H25NO6/c1-27-18-12-20(29-3)19(28-2)10-14(18)11-21-22(26)15-6-7-17(25)16(23(15)30-21)13-24-8-4-5-9-24/h6-7,10-12,25H,4-5,8-9,13H2,1-3H3/b21-11+. The van der Waals surface area contributed by atoms with Gasteiger partial charge in [-0.05, 0) is 50.2 Å². The Balaban J connectivity index is 1.71. The number of methoxy groups -OCH3 is 3. The lowest BCUT2D eigenvalue weighted by Gasteiger charge is -2.17. The summed E-state index contributed by atoms with van der Waals surface area (Å²) in [6.07, 6.45) is 3.90. The van der Waals surface area contributed by atoms with E-state index in [1.165, 1.54) is 0 Å². The maximum absolute atomic E-state index is 13.0. The fourth-order valence-corrected chi connectivity index (χ4v) is 3.92. The van der Waals surface area contributed by atoms with Crippen LogP contribution >= 0.6 is 0 Å². The summed E-state index contributed by atoms with van der Waals surface area (Å²) in [5.74, 6) is 2.06. The molecule has 1 N–H and O–H groups in total. The Morgan fingerprint density at radius 1 is 1.03 bits per heavy atom. The van der Waals surface area contributed by atoms with Crippen molar-refractivity contribution in [3.63, 3.8) is 0 Å². The quantitative estimate of drug-likeness (QED) is 0.728. The van der Waals surface area contributed by atoms with Crippen LogP contribution in [0.1, 0.15) is 34.3 Å². The van der Waals surface area contributed by atoms with Crippen LogP contribution < -0.4 is 18.9 Å². The van der Waals surface area contributed by atoms with Gasteiger partial charge < -0.3 is 24.1 Å². The molecule has 0 aliphatic carbocycles. The number of rotatable bonds is 6. The first-order valence-corrected chi connectivity index (χ1v) is 9.87. The molecule has 0 amide bonds. The average Bonchev–Trinajstić information content (AvgIpc) is 3.38. The zero-order valence-electron chi connectivity index (χ0n) is 17.4. The van der Waals surface area contributed by atoms with Crippen LogP contribution in [0.3, 0.4) is 0 Å². The second-order valence-corrected chi connectivity index (χ2v) is 7.31. The van der Waals surface area contributed by atoms with Gasteiger partial charge in [0.05, 0.1) is 32.5 Å². The number of fused-ring (bicyclic) bond motifs is 1. The number of phenols is 1. The van der Waals surface area contributed by atoms with E-state index in [2.05, 4.69) is 4.90 Å². The Kier molecular flexibility index (Phi) is 5.55. The maximum Gasteiger partial charge on any atom is 0.231 e. The first-order chi connectivity index (χ1) is 14.5. The zero-order valence-corrected chi connectivity index (χ0v) is 17.4. The fraction of sp³-hybridized carbons (Fsp3) is 0.348. The summed E-state index contributed by atoms with van der Waals surface area (Å²) in [6.45, 7) is 2.50. The Labute approximate surface area is 175 Å². The number of ketones is 1. The third-order valence-corrected chi connectivity index (χ3v) is 5.52. The normalized spacial score (nSPS) is 17.2. The van der Waals surface area contributed by atoms with Gasteiger partial charge in [-0.25, -0.2) is 0 Å². The van der Waals surface area contributed by atoms with Crippen LogP contribution in [0.2, 0.25) is 0 Å². The molecule has 0 unspecified atom stereocenters. The van der Waals surface area contributed by atoms with E-state index in [4.69, 9.17) is 18.9 Å². The van der Waals surface area contributed by atoms with E-state index in [1.54, 1.807) is 51.7 Å². The third kappa shape index (κ3) is 3.57. The van der Waals surface area contributed by atoms with Crippen molar-refractivity contribution in [1.29, 1.82) is 0 Å². The topological polar surface area (TPSA) is 77.5 Å². The second kappa shape index (κ2) is 8.28. The van der Waals surface area contributed by atoms with Crippen molar-refractivity contribution in [2.45, 2.75) is 19.4 Å². The molecule has 2 aliphatic rings. The van der Waals surface area contributed by atoms with Crippen LogP contribution in [0.25, 0.3) is 6.08 Å². The number of allylic oxidation sites excluding steroid dienone is 1. The van der Waals surface area contributed by atoms with Crippen molar-refractivity contribution in [1.82, 2.24) is 4.90 Å². The molecule has 0 saturated carbocycles. The molecule has 7 nitrogen and oxygen atoms in total. The summed E-state index contributed by atoms with van der Waals surface area (Å²) in [4.78, 5) is 15.2. The number of ether oxygens (including phenoxy) is 4. The minimum atomic E-state index is -0.232. The maximum atomic E-state index is 13.0. The number of phenolic OH excluding ortho intramolecular Hbond substituents is 1. The van der Waals surface area contributed by atoms with Crippen molar-refractivity contribution < 1.29 is 28.8 Å². The van der Waals surface area contributed by atoms with E-state index in [9.17, 15) is 9.90 Å². The second-order valence-electron chi connectivity index (χ2n) is 7.31. The summed E-state index contributed by atoms with van der Waals surface area (Å²) in [6, 6.07) is 6.59. The first kappa shape index (κ1) is 20.1. The number of hydrogen-bond acceptors (Lipinski definition) is 7. The van der Waals surface area contributed by atoms with Gasteiger partial charge in [-0.15, -0.1) is 0 Å². The van der Waals surface area contributed by atoms with E-state index in [1.807, 2.05) is 0 Å². The number of likely N-dealkylation sites (tertiary alicyclic amines) is 1. The summed E-state index contributed by atoms with van der Waals surface area (Å²) in [5, 5.41) is 10.4. The molecule has 2 aromatic carbocycles. The van der Waals surface area contributed by atoms with Crippen molar-refractivity contribution >= 4 is 11.9 Å². The molecule has 2 aromatic rings. The van der Waals surface area contributed by atoms with E-state index < -0.39 is 0 Å². The average molecular weight is 411 g/mol. The molecule has 4 rings (SSSR count). The minimum Gasteiger partial charge on any atom is -0.507 e. The summed E-state index contributed by atoms with van der Waals surface area (Å²) >= 11 is 0. The lowest BCUT2D eigenvalue weighted by molar-refractivity contribution is 0.101. The Morgan fingerprint density at radius 2 is 1.70 bits per heavy atom. The summed E-state index contributed by atoms with van der Waals surface area (Å²) in [5.41, 5.74) is 1.72. The van der Waals surface area contributed by atoms with Gasteiger partial charge in [0.2, 0.25) is 5.78 Å². The van der Waals surface area contributed by atoms with Crippen molar-refractivity contribution in [3.05, 3.63) is 46.7 Å². The highest BCUT2D eigenvalue weighted by molar-refractivity contribution is 6.15. The molecule has 2 heterocycles. The number of aromatic hydroxyl groups is 1. The number of benzene rings is 2. The summed E-state index contributed by atoms with van der Waals surface area (Å²) < 4.78 is 22.1. The Morgan fingerprint density at radius 3 is 2.37 bits per heavy atom. The predicted octanol–water partition coefficient (Wildman–Crippen LogP) is 3.63. The van der Waals surface area contributed by atoms with Gasteiger partial charge in [-0.3, -0.25) is 9.69 Å². The lowest BCUT2D eigenvalue weighted by Crippen LogP contribution is -2.18. The molecule has 0 spiro atoms. The fourth-order valence-electron chi connectivity index (χ4n) is 3.92. The van der Waals surface area contributed by atoms with E-state index in [0.29, 0.717) is 46.2 Å². The number of carbonyl (C=O) groups is 1. The van der Waals surface area contributed by atoms with Crippen LogP contribution in [0.15, 0.2) is 30.0 Å². The highest BCUT2D eigenvalue weighted by Crippen LogP contribution is 2.42. The number of nitrogens with zero attached hydrogens (tertiary/aromatic N) is 1. The van der Waals surface area contributed by atoms with Gasteiger partial charge in [-0.2, -0.15) is 0 Å². The largest absolute Gasteiger partial charge is 0.507 e. The molecule has 1 fully saturated rings. The molecule has 0 bridgehead atoms. The monoisotopic (exact) mass is 411 g/mol. The predicted molar refractivity (Wildman–Crippen MR) is 112 cm³/mol. The van der Waals surface area contributed by atoms with Crippen molar-refractivity contribution in [3.8, 4) is 28.7 Å². The SMILES string of the molecule is COc1cc(OC)c(OC)cc1/C=C1/Oc2c(ccc(O)c2CN2CCCC2)C1=O.